The van der Waals surface area contributed by atoms with Crippen LogP contribution in [0.3, 0.4) is 0 Å². The zero-order valence-corrected chi connectivity index (χ0v) is 8.46. The summed E-state index contributed by atoms with van der Waals surface area (Å²) in [5.41, 5.74) is 0. The van der Waals surface area contributed by atoms with Crippen LogP contribution in [0.1, 0.15) is 22.5 Å². The van der Waals surface area contributed by atoms with E-state index in [2.05, 4.69) is 6.07 Å². The van der Waals surface area contributed by atoms with Crippen LogP contribution < -0.4 is 0 Å². The number of rotatable bonds is 1. The standard InChI is InChI=1S/C10H10N2OS/c11-7-8-3-1-5-12(8)10(13)9-4-2-6-14-9/h2,4,6,8H,1,3,5H2. The van der Waals surface area contributed by atoms with Crippen LogP contribution in [0.15, 0.2) is 17.5 Å². The average Bonchev–Trinajstić information content (AvgIpc) is 2.87. The summed E-state index contributed by atoms with van der Waals surface area (Å²) in [4.78, 5) is 14.3. The lowest BCUT2D eigenvalue weighted by atomic mass is 10.2. The molecule has 0 bridgehead atoms. The lowest BCUT2D eigenvalue weighted by Gasteiger charge is -2.18. The monoisotopic (exact) mass is 206 g/mol. The molecule has 1 aliphatic rings. The first-order chi connectivity index (χ1) is 6.83. The number of hydrogen-bond acceptors (Lipinski definition) is 3. The SMILES string of the molecule is N#CC1CCCN1C(=O)c1cccs1. The number of likely N-dealkylation sites (tertiary alicyclic amines) is 1. The van der Waals surface area contributed by atoms with Crippen LogP contribution in [-0.2, 0) is 0 Å². The van der Waals surface area contributed by atoms with E-state index in [9.17, 15) is 4.79 Å². The fraction of sp³-hybridized carbons (Fsp3) is 0.400. The molecule has 1 amide bonds. The quantitative estimate of drug-likeness (QED) is 0.704. The van der Waals surface area contributed by atoms with Gasteiger partial charge in [0.15, 0.2) is 0 Å². The van der Waals surface area contributed by atoms with E-state index in [-0.39, 0.29) is 11.9 Å². The van der Waals surface area contributed by atoms with Crippen molar-refractivity contribution >= 4 is 17.2 Å². The van der Waals surface area contributed by atoms with Crippen molar-refractivity contribution < 1.29 is 4.79 Å². The van der Waals surface area contributed by atoms with Crippen LogP contribution in [0.4, 0.5) is 0 Å². The van der Waals surface area contributed by atoms with E-state index in [1.54, 1.807) is 11.0 Å². The van der Waals surface area contributed by atoms with E-state index < -0.39 is 0 Å². The van der Waals surface area contributed by atoms with Crippen molar-refractivity contribution in [3.63, 3.8) is 0 Å². The molecule has 14 heavy (non-hydrogen) atoms. The molecule has 2 rings (SSSR count). The minimum atomic E-state index is -0.218. The van der Waals surface area contributed by atoms with Crippen LogP contribution in [0, 0.1) is 11.3 Å². The van der Waals surface area contributed by atoms with E-state index in [4.69, 9.17) is 5.26 Å². The minimum Gasteiger partial charge on any atom is -0.322 e. The lowest BCUT2D eigenvalue weighted by molar-refractivity contribution is 0.0770. The highest BCUT2D eigenvalue weighted by molar-refractivity contribution is 7.12. The molecule has 1 fully saturated rings. The molecule has 3 nitrogen and oxygen atoms in total. The van der Waals surface area contributed by atoms with E-state index in [0.29, 0.717) is 0 Å². The molecule has 0 radical (unpaired) electrons. The Morgan fingerprint density at radius 2 is 2.57 bits per heavy atom. The maximum Gasteiger partial charge on any atom is 0.264 e. The van der Waals surface area contributed by atoms with Gasteiger partial charge in [0.05, 0.1) is 10.9 Å². The number of nitriles is 1. The van der Waals surface area contributed by atoms with Gasteiger partial charge in [0, 0.05) is 6.54 Å². The number of hydrogen-bond donors (Lipinski definition) is 0. The van der Waals surface area contributed by atoms with Gasteiger partial charge in [-0.25, -0.2) is 0 Å². The Kier molecular flexibility index (Phi) is 2.51. The zero-order valence-electron chi connectivity index (χ0n) is 7.64. The number of nitrogens with zero attached hydrogens (tertiary/aromatic N) is 2. The molecule has 0 spiro atoms. The smallest absolute Gasteiger partial charge is 0.264 e. The van der Waals surface area contributed by atoms with Crippen LogP contribution in [-0.4, -0.2) is 23.4 Å². The molecule has 1 unspecified atom stereocenters. The fourth-order valence-electron chi connectivity index (χ4n) is 1.69. The van der Waals surface area contributed by atoms with Gasteiger partial charge in [0.25, 0.3) is 5.91 Å². The van der Waals surface area contributed by atoms with Crippen LogP contribution in [0.25, 0.3) is 0 Å². The summed E-state index contributed by atoms with van der Waals surface area (Å²) in [5, 5.41) is 10.7. The van der Waals surface area contributed by atoms with Gasteiger partial charge in [-0.2, -0.15) is 5.26 Å². The number of carbonyl (C=O) groups excluding carboxylic acids is 1. The Hall–Kier alpha value is -1.34. The minimum absolute atomic E-state index is 0.00375. The molecule has 4 heteroatoms. The topological polar surface area (TPSA) is 44.1 Å². The summed E-state index contributed by atoms with van der Waals surface area (Å²) in [7, 11) is 0. The molecular weight excluding hydrogens is 196 g/mol. The second-order valence-corrected chi connectivity index (χ2v) is 4.21. The molecule has 0 N–H and O–H groups in total. The molecule has 1 aliphatic heterocycles. The van der Waals surface area contributed by atoms with E-state index in [1.165, 1.54) is 11.3 Å². The van der Waals surface area contributed by atoms with Crippen molar-refractivity contribution in [2.24, 2.45) is 0 Å². The highest BCUT2D eigenvalue weighted by Crippen LogP contribution is 2.21. The summed E-state index contributed by atoms with van der Waals surface area (Å²) in [6, 6.07) is 5.61. The van der Waals surface area contributed by atoms with Crippen LogP contribution >= 0.6 is 11.3 Å². The van der Waals surface area contributed by atoms with Crippen LogP contribution in [0.5, 0.6) is 0 Å². The largest absolute Gasteiger partial charge is 0.322 e. The van der Waals surface area contributed by atoms with E-state index >= 15 is 0 Å². The molecule has 1 atom stereocenters. The molecule has 1 saturated heterocycles. The second kappa shape index (κ2) is 3.81. The highest BCUT2D eigenvalue weighted by Gasteiger charge is 2.29. The predicted molar refractivity (Wildman–Crippen MR) is 54.0 cm³/mol. The molecule has 0 saturated carbocycles. The number of carbonyl (C=O) groups is 1. The molecule has 0 aromatic carbocycles. The van der Waals surface area contributed by atoms with E-state index in [1.807, 2.05) is 11.4 Å². The van der Waals surface area contributed by atoms with Crippen molar-refractivity contribution in [3.8, 4) is 6.07 Å². The first-order valence-corrected chi connectivity index (χ1v) is 5.45. The highest BCUT2D eigenvalue weighted by atomic mass is 32.1. The van der Waals surface area contributed by atoms with Gasteiger partial charge in [-0.15, -0.1) is 11.3 Å². The number of thiophene rings is 1. The Morgan fingerprint density at radius 3 is 3.21 bits per heavy atom. The van der Waals surface area contributed by atoms with Gasteiger partial charge in [-0.05, 0) is 24.3 Å². The molecular formula is C10H10N2OS. The summed E-state index contributed by atoms with van der Waals surface area (Å²) in [6.07, 6.45) is 1.75. The van der Waals surface area contributed by atoms with Crippen molar-refractivity contribution in [1.29, 1.82) is 5.26 Å². The Labute approximate surface area is 86.6 Å². The Bertz CT molecular complexity index is 366. The fourth-order valence-corrected chi connectivity index (χ4v) is 2.36. The van der Waals surface area contributed by atoms with E-state index in [0.717, 1.165) is 24.3 Å². The Morgan fingerprint density at radius 1 is 1.71 bits per heavy atom. The summed E-state index contributed by atoms with van der Waals surface area (Å²) < 4.78 is 0. The third-order valence-corrected chi connectivity index (χ3v) is 3.25. The summed E-state index contributed by atoms with van der Waals surface area (Å²) in [6.45, 7) is 0.717. The van der Waals surface area contributed by atoms with Crippen molar-refractivity contribution in [3.05, 3.63) is 22.4 Å². The van der Waals surface area contributed by atoms with Crippen molar-refractivity contribution in [2.45, 2.75) is 18.9 Å². The first-order valence-electron chi connectivity index (χ1n) is 4.57. The van der Waals surface area contributed by atoms with Gasteiger partial charge in [0.2, 0.25) is 0 Å². The maximum absolute atomic E-state index is 11.9. The summed E-state index contributed by atoms with van der Waals surface area (Å²) in [5.74, 6) is 0.00375. The maximum atomic E-state index is 11.9. The predicted octanol–water partition coefficient (Wildman–Crippen LogP) is 1.88. The summed E-state index contributed by atoms with van der Waals surface area (Å²) >= 11 is 1.43. The third-order valence-electron chi connectivity index (χ3n) is 2.39. The molecule has 2 heterocycles. The van der Waals surface area contributed by atoms with Gasteiger partial charge in [0.1, 0.15) is 6.04 Å². The molecule has 1 aromatic heterocycles. The van der Waals surface area contributed by atoms with Crippen molar-refractivity contribution in [2.75, 3.05) is 6.54 Å². The van der Waals surface area contributed by atoms with Crippen LogP contribution in [0.2, 0.25) is 0 Å². The Balaban J connectivity index is 2.16. The molecule has 1 aromatic rings. The number of amides is 1. The zero-order chi connectivity index (χ0) is 9.97. The first kappa shape index (κ1) is 9.22. The lowest BCUT2D eigenvalue weighted by Crippen LogP contribution is -2.34. The van der Waals surface area contributed by atoms with Gasteiger partial charge < -0.3 is 4.90 Å². The second-order valence-electron chi connectivity index (χ2n) is 3.26. The third kappa shape index (κ3) is 1.51. The van der Waals surface area contributed by atoms with Gasteiger partial charge in [-0.1, -0.05) is 6.07 Å². The van der Waals surface area contributed by atoms with Gasteiger partial charge >= 0.3 is 0 Å². The van der Waals surface area contributed by atoms with Gasteiger partial charge in [-0.3, -0.25) is 4.79 Å². The van der Waals surface area contributed by atoms with Crippen molar-refractivity contribution in [1.82, 2.24) is 4.90 Å². The molecule has 0 aliphatic carbocycles. The normalized spacial score (nSPS) is 20.8. The average molecular weight is 206 g/mol. The molecule has 72 valence electrons.